The van der Waals surface area contributed by atoms with Crippen molar-refractivity contribution < 1.29 is 14.6 Å². The molecule has 0 unspecified atom stereocenters. The van der Waals surface area contributed by atoms with Crippen molar-refractivity contribution in [3.63, 3.8) is 0 Å². The van der Waals surface area contributed by atoms with Gasteiger partial charge in [0.2, 0.25) is 0 Å². The minimum absolute atomic E-state index is 0.468. The van der Waals surface area contributed by atoms with Crippen molar-refractivity contribution in [2.24, 2.45) is 0 Å². The van der Waals surface area contributed by atoms with Crippen molar-refractivity contribution in [3.05, 3.63) is 66.3 Å². The topological polar surface area (TPSA) is 35.5 Å². The number of hydrogen-bond acceptors (Lipinski definition) is 3. The largest absolute Gasteiger partial charge is 0.373 e. The Balaban J connectivity index is 2.12. The fraction of sp³-hybridized carbons (Fsp3) is 0.176. The van der Waals surface area contributed by atoms with Gasteiger partial charge in [0.05, 0.1) is 5.56 Å². The molecule has 103 valence electrons. The van der Waals surface area contributed by atoms with E-state index in [0.717, 1.165) is 11.1 Å². The molecule has 0 fully saturated rings. The van der Waals surface area contributed by atoms with E-state index < -0.39 is 5.97 Å². The van der Waals surface area contributed by atoms with E-state index in [1.807, 2.05) is 49.4 Å². The van der Waals surface area contributed by atoms with E-state index in [2.05, 4.69) is 0 Å². The van der Waals surface area contributed by atoms with Gasteiger partial charge < -0.3 is 0 Å². The maximum atomic E-state index is 11.9. The normalized spacial score (nSPS) is 10.6. The lowest BCUT2D eigenvalue weighted by Gasteiger charge is -2.08. The van der Waals surface area contributed by atoms with Gasteiger partial charge in [-0.3, -0.25) is 4.89 Å². The first-order valence-corrected chi connectivity index (χ1v) is 6.57. The molecular weight excluding hydrogens is 252 g/mol. The Morgan fingerprint density at radius 1 is 0.950 bits per heavy atom. The van der Waals surface area contributed by atoms with Crippen molar-refractivity contribution in [3.8, 4) is 11.1 Å². The average molecular weight is 269 g/mol. The third-order valence-corrected chi connectivity index (χ3v) is 2.96. The predicted molar refractivity (Wildman–Crippen MR) is 77.6 cm³/mol. The highest BCUT2D eigenvalue weighted by molar-refractivity contribution is 5.90. The molecule has 0 bridgehead atoms. The van der Waals surface area contributed by atoms with Crippen LogP contribution in [0.2, 0.25) is 0 Å². The van der Waals surface area contributed by atoms with Crippen molar-refractivity contribution in [2.45, 2.75) is 20.3 Å². The maximum Gasteiger partial charge on any atom is 0.373 e. The van der Waals surface area contributed by atoms with Crippen LogP contribution in [0.1, 0.15) is 30.6 Å². The number of carbonyl (C=O) groups is 1. The van der Waals surface area contributed by atoms with Crippen LogP contribution < -0.4 is 0 Å². The number of hydrogen-bond donors (Lipinski definition) is 0. The smallest absolute Gasteiger partial charge is 0.292 e. The van der Waals surface area contributed by atoms with Crippen molar-refractivity contribution >= 4 is 5.97 Å². The van der Waals surface area contributed by atoms with Crippen LogP contribution in [-0.2, 0) is 9.78 Å². The minimum Gasteiger partial charge on any atom is -0.292 e. The average Bonchev–Trinajstić information content (AvgIpc) is 2.53. The quantitative estimate of drug-likeness (QED) is 0.596. The molecule has 0 saturated heterocycles. The predicted octanol–water partition coefficient (Wildman–Crippen LogP) is 4.40. The van der Waals surface area contributed by atoms with Crippen LogP contribution in [0.5, 0.6) is 0 Å². The van der Waals surface area contributed by atoms with Crippen LogP contribution in [-0.4, -0.2) is 5.97 Å². The fourth-order valence-electron chi connectivity index (χ4n) is 1.67. The van der Waals surface area contributed by atoms with Gasteiger partial charge in [-0.25, -0.2) is 4.79 Å². The zero-order valence-corrected chi connectivity index (χ0v) is 11.6. The summed E-state index contributed by atoms with van der Waals surface area (Å²) in [6.45, 7) is 3.70. The van der Waals surface area contributed by atoms with Crippen LogP contribution in [0, 0.1) is 6.10 Å². The lowest BCUT2D eigenvalue weighted by atomic mass is 10.0. The molecule has 0 spiro atoms. The molecule has 2 aromatic rings. The Morgan fingerprint density at radius 2 is 1.65 bits per heavy atom. The number of rotatable bonds is 5. The van der Waals surface area contributed by atoms with E-state index in [9.17, 15) is 4.79 Å². The summed E-state index contributed by atoms with van der Waals surface area (Å²) >= 11 is 0. The van der Waals surface area contributed by atoms with Gasteiger partial charge in [0.1, 0.15) is 6.10 Å². The Morgan fingerprint density at radius 3 is 2.35 bits per heavy atom. The first kappa shape index (κ1) is 14.3. The molecule has 3 nitrogen and oxygen atoms in total. The third kappa shape index (κ3) is 3.68. The maximum absolute atomic E-state index is 11.9. The Kier molecular flexibility index (Phi) is 4.91. The van der Waals surface area contributed by atoms with Gasteiger partial charge in [-0.1, -0.05) is 49.4 Å². The molecule has 20 heavy (non-hydrogen) atoms. The lowest BCUT2D eigenvalue weighted by Crippen LogP contribution is -2.08. The van der Waals surface area contributed by atoms with Gasteiger partial charge in [-0.05, 0) is 36.6 Å². The summed E-state index contributed by atoms with van der Waals surface area (Å²) in [6, 6.07) is 17.2. The summed E-state index contributed by atoms with van der Waals surface area (Å²) < 4.78 is 0. The lowest BCUT2D eigenvalue weighted by molar-refractivity contribution is -0.232. The Hall–Kier alpha value is -2.13. The number of benzene rings is 2. The second-order valence-corrected chi connectivity index (χ2v) is 4.46. The first-order chi connectivity index (χ1) is 9.70. The van der Waals surface area contributed by atoms with Crippen LogP contribution in [0.3, 0.4) is 0 Å². The van der Waals surface area contributed by atoms with E-state index >= 15 is 0 Å². The first-order valence-electron chi connectivity index (χ1n) is 6.57. The fourth-order valence-corrected chi connectivity index (χ4v) is 1.67. The van der Waals surface area contributed by atoms with Crippen molar-refractivity contribution in [2.75, 3.05) is 0 Å². The highest BCUT2D eigenvalue weighted by Crippen LogP contribution is 2.20. The van der Waals surface area contributed by atoms with Crippen LogP contribution in [0.25, 0.3) is 11.1 Å². The highest BCUT2D eigenvalue weighted by Gasteiger charge is 2.11. The zero-order chi connectivity index (χ0) is 14.4. The second kappa shape index (κ2) is 6.87. The second-order valence-electron chi connectivity index (χ2n) is 4.46. The van der Waals surface area contributed by atoms with Gasteiger partial charge in [-0.2, -0.15) is 4.89 Å². The summed E-state index contributed by atoms with van der Waals surface area (Å²) in [5.74, 6) is -0.490. The molecule has 3 heteroatoms. The molecule has 0 aliphatic heterocycles. The van der Waals surface area contributed by atoms with E-state index in [0.29, 0.717) is 18.1 Å². The molecule has 0 aliphatic rings. The van der Waals surface area contributed by atoms with Crippen LogP contribution in [0.4, 0.5) is 0 Å². The Bertz CT molecular complexity index is 563. The summed E-state index contributed by atoms with van der Waals surface area (Å²) in [5.41, 5.74) is 2.49. The molecule has 0 atom stereocenters. The molecule has 0 aliphatic carbocycles. The molecular formula is C17H17O3. The molecule has 0 saturated carbocycles. The molecule has 1 radical (unpaired) electrons. The molecule has 2 aromatic carbocycles. The molecule has 0 aromatic heterocycles. The summed E-state index contributed by atoms with van der Waals surface area (Å²) in [4.78, 5) is 21.6. The molecule has 2 rings (SSSR count). The molecule has 0 amide bonds. The van der Waals surface area contributed by atoms with Gasteiger partial charge in [0.25, 0.3) is 0 Å². The van der Waals surface area contributed by atoms with Crippen LogP contribution >= 0.6 is 0 Å². The third-order valence-electron chi connectivity index (χ3n) is 2.96. The Labute approximate surface area is 119 Å². The standard InChI is InChI=1S/C17H17O3/c1-3-13(2)19-20-17(18)16-11-7-10-15(12-16)14-8-5-4-6-9-14/h4-12H,3H2,1-2H3. The van der Waals surface area contributed by atoms with Gasteiger partial charge in [0.15, 0.2) is 0 Å². The number of carbonyl (C=O) groups excluding carboxylic acids is 1. The van der Waals surface area contributed by atoms with Crippen molar-refractivity contribution in [1.29, 1.82) is 0 Å². The monoisotopic (exact) mass is 269 g/mol. The molecule has 0 N–H and O–H groups in total. The zero-order valence-electron chi connectivity index (χ0n) is 11.6. The van der Waals surface area contributed by atoms with E-state index in [-0.39, 0.29) is 0 Å². The van der Waals surface area contributed by atoms with Crippen molar-refractivity contribution in [1.82, 2.24) is 0 Å². The minimum atomic E-state index is -0.490. The van der Waals surface area contributed by atoms with E-state index in [1.165, 1.54) is 0 Å². The molecule has 0 heterocycles. The SMILES string of the molecule is CC[C](C)OOC(=O)c1cccc(-c2ccccc2)c1. The van der Waals surface area contributed by atoms with E-state index in [1.54, 1.807) is 19.1 Å². The van der Waals surface area contributed by atoms with Gasteiger partial charge >= 0.3 is 5.97 Å². The van der Waals surface area contributed by atoms with E-state index in [4.69, 9.17) is 9.78 Å². The van der Waals surface area contributed by atoms with Crippen LogP contribution in [0.15, 0.2) is 54.6 Å². The summed E-state index contributed by atoms with van der Waals surface area (Å²) in [6.07, 6.45) is 1.37. The highest BCUT2D eigenvalue weighted by atomic mass is 17.2. The summed E-state index contributed by atoms with van der Waals surface area (Å²) in [5, 5.41) is 0. The van der Waals surface area contributed by atoms with Gasteiger partial charge in [0, 0.05) is 0 Å². The summed E-state index contributed by atoms with van der Waals surface area (Å²) in [7, 11) is 0. The van der Waals surface area contributed by atoms with Gasteiger partial charge in [-0.15, -0.1) is 0 Å².